The van der Waals surface area contributed by atoms with Crippen molar-refractivity contribution in [3.05, 3.63) is 11.1 Å². The maximum absolute atomic E-state index is 3.44. The maximum Gasteiger partial charge on any atom is 0.129 e. The first-order chi connectivity index (χ1) is 5.54. The highest BCUT2D eigenvalue weighted by Crippen LogP contribution is 2.31. The molecule has 0 saturated heterocycles. The van der Waals surface area contributed by atoms with E-state index in [-0.39, 0.29) is 5.41 Å². The van der Waals surface area contributed by atoms with Crippen LogP contribution in [0.25, 0.3) is 0 Å². The highest BCUT2D eigenvalue weighted by Gasteiger charge is 2.24. The first-order valence-corrected chi connectivity index (χ1v) is 5.34. The predicted molar refractivity (Wildman–Crippen MR) is 55.7 cm³/mol. The maximum atomic E-state index is 3.44. The number of thioether (sulfide) groups is 1. The standard InChI is InChI=1S/C9H18N2S/c1-5-10-8-11-7(6-12-8)9(2,3)4/h6,8,10-11H,5H2,1-4H3. The Morgan fingerprint density at radius 1 is 1.58 bits per heavy atom. The lowest BCUT2D eigenvalue weighted by molar-refractivity contribution is 0.448. The number of nitrogens with one attached hydrogen (secondary N) is 2. The van der Waals surface area contributed by atoms with Crippen molar-refractivity contribution in [3.63, 3.8) is 0 Å². The van der Waals surface area contributed by atoms with E-state index in [1.54, 1.807) is 0 Å². The summed E-state index contributed by atoms with van der Waals surface area (Å²) >= 11 is 1.82. The highest BCUT2D eigenvalue weighted by molar-refractivity contribution is 8.02. The van der Waals surface area contributed by atoms with Crippen LogP contribution in [-0.4, -0.2) is 12.0 Å². The van der Waals surface area contributed by atoms with Crippen molar-refractivity contribution >= 4 is 11.8 Å². The van der Waals surface area contributed by atoms with Crippen LogP contribution in [-0.2, 0) is 0 Å². The average Bonchev–Trinajstić information content (AvgIpc) is 2.35. The Morgan fingerprint density at radius 2 is 2.25 bits per heavy atom. The van der Waals surface area contributed by atoms with Gasteiger partial charge in [-0.05, 0) is 12.0 Å². The topological polar surface area (TPSA) is 24.1 Å². The quantitative estimate of drug-likeness (QED) is 0.690. The fourth-order valence-electron chi connectivity index (χ4n) is 1.02. The van der Waals surface area contributed by atoms with E-state index in [0.717, 1.165) is 6.54 Å². The van der Waals surface area contributed by atoms with Crippen LogP contribution >= 0.6 is 11.8 Å². The molecule has 1 aliphatic heterocycles. The summed E-state index contributed by atoms with van der Waals surface area (Å²) in [6, 6.07) is 0. The second-order valence-electron chi connectivity index (χ2n) is 4.00. The predicted octanol–water partition coefficient (Wildman–Crippen LogP) is 2.10. The van der Waals surface area contributed by atoms with Gasteiger partial charge in [0.2, 0.25) is 0 Å². The molecule has 0 radical (unpaired) electrons. The Balaban J connectivity index is 2.43. The van der Waals surface area contributed by atoms with Gasteiger partial charge in [-0.1, -0.05) is 39.5 Å². The van der Waals surface area contributed by atoms with Crippen molar-refractivity contribution in [1.29, 1.82) is 0 Å². The molecule has 1 unspecified atom stereocenters. The van der Waals surface area contributed by atoms with Gasteiger partial charge in [-0.3, -0.25) is 5.32 Å². The van der Waals surface area contributed by atoms with Gasteiger partial charge in [0, 0.05) is 11.1 Å². The van der Waals surface area contributed by atoms with Gasteiger partial charge in [0.25, 0.3) is 0 Å². The summed E-state index contributed by atoms with van der Waals surface area (Å²) < 4.78 is 0. The zero-order valence-electron chi connectivity index (χ0n) is 8.27. The molecule has 12 heavy (non-hydrogen) atoms. The number of hydrogen-bond acceptors (Lipinski definition) is 3. The molecule has 0 amide bonds. The smallest absolute Gasteiger partial charge is 0.129 e. The van der Waals surface area contributed by atoms with Crippen molar-refractivity contribution in [2.45, 2.75) is 33.2 Å². The molecule has 2 N–H and O–H groups in total. The van der Waals surface area contributed by atoms with Crippen LogP contribution in [0.4, 0.5) is 0 Å². The van der Waals surface area contributed by atoms with E-state index in [4.69, 9.17) is 0 Å². The largest absolute Gasteiger partial charge is 0.364 e. The van der Waals surface area contributed by atoms with Gasteiger partial charge < -0.3 is 5.32 Å². The minimum atomic E-state index is 0.247. The second kappa shape index (κ2) is 3.71. The minimum Gasteiger partial charge on any atom is -0.364 e. The van der Waals surface area contributed by atoms with Gasteiger partial charge in [-0.2, -0.15) is 0 Å². The normalized spacial score (nSPS) is 23.7. The fourth-order valence-corrected chi connectivity index (χ4v) is 2.17. The number of rotatable bonds is 2. The summed E-state index contributed by atoms with van der Waals surface area (Å²) in [6.45, 7) is 9.80. The molecule has 0 spiro atoms. The van der Waals surface area contributed by atoms with Gasteiger partial charge in [-0.25, -0.2) is 0 Å². The number of allylic oxidation sites excluding steroid dienone is 1. The molecule has 1 atom stereocenters. The van der Waals surface area contributed by atoms with E-state index in [0.29, 0.717) is 5.50 Å². The molecule has 1 heterocycles. The third-order valence-electron chi connectivity index (χ3n) is 1.81. The van der Waals surface area contributed by atoms with Crippen LogP contribution in [0.5, 0.6) is 0 Å². The Bertz CT molecular complexity index is 181. The van der Waals surface area contributed by atoms with Gasteiger partial charge in [-0.15, -0.1) is 0 Å². The summed E-state index contributed by atoms with van der Waals surface area (Å²) in [4.78, 5) is 0. The molecule has 0 saturated carbocycles. The highest BCUT2D eigenvalue weighted by atomic mass is 32.2. The van der Waals surface area contributed by atoms with Crippen molar-refractivity contribution in [3.8, 4) is 0 Å². The first kappa shape index (κ1) is 9.93. The molecule has 0 fully saturated rings. The molecule has 0 aliphatic carbocycles. The molecular formula is C9H18N2S. The monoisotopic (exact) mass is 186 g/mol. The van der Waals surface area contributed by atoms with Crippen molar-refractivity contribution < 1.29 is 0 Å². The third-order valence-corrected chi connectivity index (χ3v) is 2.73. The summed E-state index contributed by atoms with van der Waals surface area (Å²) in [7, 11) is 0. The van der Waals surface area contributed by atoms with Crippen molar-refractivity contribution in [2.75, 3.05) is 6.54 Å². The summed E-state index contributed by atoms with van der Waals surface area (Å²) in [5, 5.41) is 9.01. The third kappa shape index (κ3) is 2.42. The number of hydrogen-bond donors (Lipinski definition) is 2. The van der Waals surface area contributed by atoms with Crippen LogP contribution < -0.4 is 10.6 Å². The summed E-state index contributed by atoms with van der Waals surface area (Å²) in [6.07, 6.45) is 0. The first-order valence-electron chi connectivity index (χ1n) is 4.40. The second-order valence-corrected chi connectivity index (χ2v) is 4.98. The lowest BCUT2D eigenvalue weighted by atomic mass is 9.93. The van der Waals surface area contributed by atoms with Gasteiger partial charge >= 0.3 is 0 Å². The molecule has 0 aromatic heterocycles. The lowest BCUT2D eigenvalue weighted by Gasteiger charge is -2.22. The SMILES string of the molecule is CCNC1NC(C(C)(C)C)=CS1. The molecule has 0 aromatic carbocycles. The Hall–Kier alpha value is -0.150. The molecule has 1 aliphatic rings. The molecular weight excluding hydrogens is 168 g/mol. The Labute approximate surface area is 79.2 Å². The molecule has 3 heteroatoms. The Kier molecular flexibility index (Phi) is 3.07. The molecule has 1 rings (SSSR count). The molecule has 2 nitrogen and oxygen atoms in total. The van der Waals surface area contributed by atoms with Crippen LogP contribution in [0.1, 0.15) is 27.7 Å². The lowest BCUT2D eigenvalue weighted by Crippen LogP contribution is -2.37. The molecule has 0 aromatic rings. The summed E-state index contributed by atoms with van der Waals surface area (Å²) in [5.74, 6) is 0. The van der Waals surface area contributed by atoms with Gasteiger partial charge in [0.1, 0.15) is 5.50 Å². The Morgan fingerprint density at radius 3 is 2.67 bits per heavy atom. The van der Waals surface area contributed by atoms with E-state index < -0.39 is 0 Å². The van der Waals surface area contributed by atoms with Crippen molar-refractivity contribution in [2.24, 2.45) is 5.41 Å². The van der Waals surface area contributed by atoms with Gasteiger partial charge in [0.05, 0.1) is 0 Å². The van der Waals surface area contributed by atoms with Crippen LogP contribution in [0.2, 0.25) is 0 Å². The van der Waals surface area contributed by atoms with Crippen molar-refractivity contribution in [1.82, 2.24) is 10.6 Å². The van der Waals surface area contributed by atoms with E-state index in [9.17, 15) is 0 Å². The molecule has 70 valence electrons. The van der Waals surface area contributed by atoms with E-state index in [1.807, 2.05) is 11.8 Å². The molecule has 0 bridgehead atoms. The van der Waals surface area contributed by atoms with Crippen LogP contribution in [0.3, 0.4) is 0 Å². The van der Waals surface area contributed by atoms with Crippen LogP contribution in [0.15, 0.2) is 11.1 Å². The van der Waals surface area contributed by atoms with E-state index in [1.165, 1.54) is 5.70 Å². The van der Waals surface area contributed by atoms with E-state index >= 15 is 0 Å². The van der Waals surface area contributed by atoms with E-state index in [2.05, 4.69) is 43.7 Å². The minimum absolute atomic E-state index is 0.247. The average molecular weight is 186 g/mol. The van der Waals surface area contributed by atoms with Gasteiger partial charge in [0.15, 0.2) is 0 Å². The zero-order chi connectivity index (χ0) is 9.19. The zero-order valence-corrected chi connectivity index (χ0v) is 9.09. The summed E-state index contributed by atoms with van der Waals surface area (Å²) in [5.41, 5.74) is 1.96. The van der Waals surface area contributed by atoms with Crippen LogP contribution in [0, 0.1) is 5.41 Å². The fraction of sp³-hybridized carbons (Fsp3) is 0.778.